The van der Waals surface area contributed by atoms with Crippen LogP contribution in [0.25, 0.3) is 0 Å². The summed E-state index contributed by atoms with van der Waals surface area (Å²) in [7, 11) is 0. The summed E-state index contributed by atoms with van der Waals surface area (Å²) in [4.78, 5) is 2.50. The molecule has 2 aliphatic heterocycles. The van der Waals surface area contributed by atoms with Crippen LogP contribution in [-0.2, 0) is 0 Å². The fourth-order valence-electron chi connectivity index (χ4n) is 3.10. The molecule has 0 radical (unpaired) electrons. The smallest absolute Gasteiger partial charge is 0.0814 e. The van der Waals surface area contributed by atoms with E-state index < -0.39 is 0 Å². The van der Waals surface area contributed by atoms with E-state index in [0.29, 0.717) is 6.04 Å². The van der Waals surface area contributed by atoms with Gasteiger partial charge in [0.1, 0.15) is 0 Å². The van der Waals surface area contributed by atoms with E-state index in [1.54, 1.807) is 0 Å². The molecule has 0 aromatic heterocycles. The van der Waals surface area contributed by atoms with Crippen LogP contribution in [0.4, 0.5) is 0 Å². The molecule has 0 saturated carbocycles. The second kappa shape index (κ2) is 3.58. The summed E-state index contributed by atoms with van der Waals surface area (Å²) in [6.07, 6.45) is 6.98. The lowest BCUT2D eigenvalue weighted by atomic mass is 9.85. The van der Waals surface area contributed by atoms with Gasteiger partial charge in [0.25, 0.3) is 0 Å². The second-order valence-electron chi connectivity index (χ2n) is 4.65. The normalized spacial score (nSPS) is 40.6. The molecule has 1 N–H and O–H groups in total. The molecule has 0 aromatic rings. The third-order valence-corrected chi connectivity index (χ3v) is 3.75. The molecule has 2 aliphatic rings. The Morgan fingerprint density at radius 2 is 2.23 bits per heavy atom. The summed E-state index contributed by atoms with van der Waals surface area (Å²) in [6.45, 7) is 4.52. The van der Waals surface area contributed by atoms with Crippen molar-refractivity contribution in [3.05, 3.63) is 0 Å². The summed E-state index contributed by atoms with van der Waals surface area (Å²) >= 11 is 0. The van der Waals surface area contributed by atoms with Gasteiger partial charge in [-0.15, -0.1) is 0 Å². The Morgan fingerprint density at radius 3 is 3.00 bits per heavy atom. The minimum absolute atomic E-state index is 0.338. The van der Waals surface area contributed by atoms with Crippen molar-refractivity contribution in [1.82, 2.24) is 4.90 Å². The quantitative estimate of drug-likeness (QED) is 0.705. The van der Waals surface area contributed by atoms with Gasteiger partial charge in [-0.3, -0.25) is 4.90 Å². The number of piperidine rings is 1. The van der Waals surface area contributed by atoms with E-state index in [0.717, 1.165) is 25.8 Å². The van der Waals surface area contributed by atoms with Crippen molar-refractivity contribution in [3.8, 4) is 0 Å². The molecule has 2 rings (SSSR count). The Balaban J connectivity index is 2.05. The van der Waals surface area contributed by atoms with Crippen LogP contribution < -0.4 is 0 Å². The van der Waals surface area contributed by atoms with E-state index in [-0.39, 0.29) is 5.60 Å². The second-order valence-corrected chi connectivity index (χ2v) is 4.65. The van der Waals surface area contributed by atoms with Crippen molar-refractivity contribution < 1.29 is 5.11 Å². The standard InChI is InChI=1S/C11H21NO/c1-2-6-11(13)7-9-12-8-4-3-5-10(11)12/h10,13H,2-9H2,1H3. The van der Waals surface area contributed by atoms with Gasteiger partial charge in [0, 0.05) is 12.6 Å². The summed E-state index contributed by atoms with van der Waals surface area (Å²) in [5.41, 5.74) is -0.338. The highest BCUT2D eigenvalue weighted by atomic mass is 16.3. The van der Waals surface area contributed by atoms with E-state index in [1.165, 1.54) is 25.8 Å². The molecule has 2 nitrogen and oxygen atoms in total. The van der Waals surface area contributed by atoms with Crippen molar-refractivity contribution in [3.63, 3.8) is 0 Å². The highest BCUT2D eigenvalue weighted by molar-refractivity contribution is 5.00. The molecule has 2 heteroatoms. The summed E-state index contributed by atoms with van der Waals surface area (Å²) in [5, 5.41) is 10.4. The van der Waals surface area contributed by atoms with Crippen LogP contribution in [0.5, 0.6) is 0 Å². The summed E-state index contributed by atoms with van der Waals surface area (Å²) < 4.78 is 0. The van der Waals surface area contributed by atoms with Gasteiger partial charge in [-0.05, 0) is 32.2 Å². The van der Waals surface area contributed by atoms with Gasteiger partial charge in [0.15, 0.2) is 0 Å². The monoisotopic (exact) mass is 183 g/mol. The van der Waals surface area contributed by atoms with Gasteiger partial charge < -0.3 is 5.11 Å². The molecular weight excluding hydrogens is 162 g/mol. The van der Waals surface area contributed by atoms with Crippen molar-refractivity contribution in [2.24, 2.45) is 0 Å². The first-order valence-electron chi connectivity index (χ1n) is 5.73. The first kappa shape index (κ1) is 9.47. The minimum Gasteiger partial charge on any atom is -0.388 e. The van der Waals surface area contributed by atoms with Gasteiger partial charge in [-0.25, -0.2) is 0 Å². The molecular formula is C11H21NO. The molecule has 0 aliphatic carbocycles. The molecule has 0 aromatic carbocycles. The largest absolute Gasteiger partial charge is 0.388 e. The molecule has 0 amide bonds. The van der Waals surface area contributed by atoms with Gasteiger partial charge in [0.05, 0.1) is 5.60 Å². The lowest BCUT2D eigenvalue weighted by Crippen LogP contribution is -2.46. The number of rotatable bonds is 2. The Morgan fingerprint density at radius 1 is 1.38 bits per heavy atom. The number of aliphatic hydroxyl groups is 1. The van der Waals surface area contributed by atoms with E-state index in [4.69, 9.17) is 0 Å². The number of hydrogen-bond acceptors (Lipinski definition) is 2. The van der Waals surface area contributed by atoms with E-state index in [9.17, 15) is 5.11 Å². The molecule has 0 spiro atoms. The maximum atomic E-state index is 10.4. The van der Waals surface area contributed by atoms with E-state index in [1.807, 2.05) is 0 Å². The molecule has 13 heavy (non-hydrogen) atoms. The molecule has 76 valence electrons. The van der Waals surface area contributed by atoms with E-state index >= 15 is 0 Å². The topological polar surface area (TPSA) is 23.5 Å². The Hall–Kier alpha value is -0.0800. The Labute approximate surface area is 80.9 Å². The van der Waals surface area contributed by atoms with Crippen molar-refractivity contribution in [1.29, 1.82) is 0 Å². The molecule has 2 unspecified atom stereocenters. The average molecular weight is 183 g/mol. The minimum atomic E-state index is -0.338. The molecule has 2 heterocycles. The zero-order chi connectivity index (χ0) is 9.31. The molecule has 0 bridgehead atoms. The number of nitrogens with zero attached hydrogens (tertiary/aromatic N) is 1. The molecule has 2 atom stereocenters. The van der Waals surface area contributed by atoms with Crippen LogP contribution in [0.2, 0.25) is 0 Å². The third-order valence-electron chi connectivity index (χ3n) is 3.75. The Kier molecular flexibility index (Phi) is 2.61. The summed E-state index contributed by atoms with van der Waals surface area (Å²) in [6, 6.07) is 0.487. The predicted molar refractivity (Wildman–Crippen MR) is 53.7 cm³/mol. The number of hydrogen-bond donors (Lipinski definition) is 1. The van der Waals surface area contributed by atoms with Crippen LogP contribution in [0.15, 0.2) is 0 Å². The van der Waals surface area contributed by atoms with Crippen molar-refractivity contribution >= 4 is 0 Å². The molecule has 2 saturated heterocycles. The zero-order valence-corrected chi connectivity index (χ0v) is 8.63. The van der Waals surface area contributed by atoms with Gasteiger partial charge >= 0.3 is 0 Å². The molecule has 2 fully saturated rings. The van der Waals surface area contributed by atoms with Crippen LogP contribution in [-0.4, -0.2) is 34.7 Å². The predicted octanol–water partition coefficient (Wildman–Crippen LogP) is 1.78. The first-order valence-corrected chi connectivity index (χ1v) is 5.73. The lowest BCUT2D eigenvalue weighted by molar-refractivity contribution is -0.0164. The van der Waals surface area contributed by atoms with Crippen LogP contribution in [0, 0.1) is 0 Å². The van der Waals surface area contributed by atoms with Gasteiger partial charge in [0.2, 0.25) is 0 Å². The average Bonchev–Trinajstić information content (AvgIpc) is 2.46. The van der Waals surface area contributed by atoms with Gasteiger partial charge in [-0.2, -0.15) is 0 Å². The SMILES string of the molecule is CCCC1(O)CCN2CCCCC21. The van der Waals surface area contributed by atoms with Crippen molar-refractivity contribution in [2.45, 2.75) is 57.1 Å². The maximum Gasteiger partial charge on any atom is 0.0814 e. The van der Waals surface area contributed by atoms with Crippen LogP contribution in [0.3, 0.4) is 0 Å². The lowest BCUT2D eigenvalue weighted by Gasteiger charge is -2.37. The highest BCUT2D eigenvalue weighted by Gasteiger charge is 2.45. The number of fused-ring (bicyclic) bond motifs is 1. The van der Waals surface area contributed by atoms with Crippen molar-refractivity contribution in [2.75, 3.05) is 13.1 Å². The van der Waals surface area contributed by atoms with Gasteiger partial charge in [-0.1, -0.05) is 19.8 Å². The van der Waals surface area contributed by atoms with E-state index in [2.05, 4.69) is 11.8 Å². The first-order chi connectivity index (χ1) is 6.26. The third kappa shape index (κ3) is 1.62. The maximum absolute atomic E-state index is 10.4. The zero-order valence-electron chi connectivity index (χ0n) is 8.63. The van der Waals surface area contributed by atoms with Crippen LogP contribution >= 0.6 is 0 Å². The summed E-state index contributed by atoms with van der Waals surface area (Å²) in [5.74, 6) is 0. The Bertz CT molecular complexity index is 183. The highest BCUT2D eigenvalue weighted by Crippen LogP contribution is 2.37. The fourth-order valence-corrected chi connectivity index (χ4v) is 3.10. The van der Waals surface area contributed by atoms with Crippen LogP contribution in [0.1, 0.15) is 45.4 Å². The fraction of sp³-hybridized carbons (Fsp3) is 1.00.